The van der Waals surface area contributed by atoms with Gasteiger partial charge in [-0.25, -0.2) is 0 Å². The quantitative estimate of drug-likeness (QED) is 0.604. The Balaban J connectivity index is 1.72. The summed E-state index contributed by atoms with van der Waals surface area (Å²) >= 11 is 1.77. The summed E-state index contributed by atoms with van der Waals surface area (Å²) < 4.78 is 5.64. The van der Waals surface area contributed by atoms with Gasteiger partial charge in [0.15, 0.2) is 0 Å². The van der Waals surface area contributed by atoms with Crippen LogP contribution in [0.4, 0.5) is 0 Å². The first kappa shape index (κ1) is 16.4. The molecule has 2 bridgehead atoms. The predicted molar refractivity (Wildman–Crippen MR) is 86.7 cm³/mol. The van der Waals surface area contributed by atoms with Crippen molar-refractivity contribution >= 4 is 29.5 Å². The number of ether oxygens (including phenoxy) is 1. The lowest BCUT2D eigenvalue weighted by atomic mass is 9.87. The van der Waals surface area contributed by atoms with Gasteiger partial charge in [-0.05, 0) is 33.3 Å². The van der Waals surface area contributed by atoms with Gasteiger partial charge in [-0.15, -0.1) is 11.8 Å². The van der Waals surface area contributed by atoms with Gasteiger partial charge in [0.05, 0.1) is 12.0 Å². The standard InChI is InChI=1S/C16H22N2O4S/c1-5-10(19)17-7-11(20)22-13-9-6-8-14(23-9)12(13)18(15(8)21)16(2,3)4/h5,8-9,12-14H,1,6-7H2,2-4H3,(H,17,19). The van der Waals surface area contributed by atoms with Crippen molar-refractivity contribution in [3.05, 3.63) is 12.7 Å². The fourth-order valence-electron chi connectivity index (χ4n) is 3.88. The highest BCUT2D eigenvalue weighted by atomic mass is 32.2. The lowest BCUT2D eigenvalue weighted by Crippen LogP contribution is -2.54. The van der Waals surface area contributed by atoms with Crippen LogP contribution >= 0.6 is 11.8 Å². The van der Waals surface area contributed by atoms with Gasteiger partial charge < -0.3 is 15.0 Å². The van der Waals surface area contributed by atoms with E-state index >= 15 is 0 Å². The van der Waals surface area contributed by atoms with E-state index in [1.807, 2.05) is 25.7 Å². The number of fused-ring (bicyclic) bond motifs is 1. The third-order valence-corrected chi connectivity index (χ3v) is 6.42. The minimum atomic E-state index is -0.469. The maximum absolute atomic E-state index is 12.7. The number of nitrogens with zero attached hydrogens (tertiary/aromatic N) is 1. The smallest absolute Gasteiger partial charge is 0.325 e. The molecule has 3 aliphatic rings. The highest BCUT2D eigenvalue weighted by Crippen LogP contribution is 2.58. The summed E-state index contributed by atoms with van der Waals surface area (Å²) in [5, 5.41) is 2.81. The van der Waals surface area contributed by atoms with Crippen LogP contribution in [0.3, 0.4) is 0 Å². The molecule has 2 amide bonds. The fraction of sp³-hybridized carbons (Fsp3) is 0.688. The molecule has 23 heavy (non-hydrogen) atoms. The number of thioether (sulfide) groups is 1. The van der Waals surface area contributed by atoms with Crippen molar-refractivity contribution in [2.45, 2.75) is 55.4 Å². The zero-order valence-electron chi connectivity index (χ0n) is 13.6. The molecule has 0 radical (unpaired) electrons. The Bertz CT molecular complexity index is 571. The van der Waals surface area contributed by atoms with Crippen LogP contribution in [0.15, 0.2) is 12.7 Å². The van der Waals surface area contributed by atoms with Gasteiger partial charge >= 0.3 is 5.97 Å². The number of nitrogens with one attached hydrogen (secondary N) is 1. The second-order valence-corrected chi connectivity index (χ2v) is 8.65. The summed E-state index contributed by atoms with van der Waals surface area (Å²) in [4.78, 5) is 37.7. The summed E-state index contributed by atoms with van der Waals surface area (Å²) in [6.45, 7) is 9.19. The lowest BCUT2D eigenvalue weighted by Gasteiger charge is -2.39. The Kier molecular flexibility index (Phi) is 3.94. The molecule has 0 spiro atoms. The normalized spacial score (nSPS) is 34.7. The van der Waals surface area contributed by atoms with Crippen molar-refractivity contribution in [3.8, 4) is 0 Å². The number of likely N-dealkylation sites (tertiary alicyclic amines) is 1. The second-order valence-electron chi connectivity index (χ2n) is 7.23. The number of hydrogen-bond donors (Lipinski definition) is 1. The SMILES string of the molecule is C=CC(=O)NCC(=O)OC1C2CC3C(=O)N(C(C)(C)C)C1C3S2. The van der Waals surface area contributed by atoms with Gasteiger partial charge in [0.2, 0.25) is 11.8 Å². The molecule has 0 aromatic rings. The Morgan fingerprint density at radius 1 is 1.48 bits per heavy atom. The van der Waals surface area contributed by atoms with Crippen LogP contribution < -0.4 is 5.32 Å². The number of esters is 1. The molecule has 6 nitrogen and oxygen atoms in total. The number of carbonyl (C=O) groups is 3. The van der Waals surface area contributed by atoms with Crippen molar-refractivity contribution in [2.75, 3.05) is 6.54 Å². The van der Waals surface area contributed by atoms with Gasteiger partial charge in [0.25, 0.3) is 0 Å². The molecule has 5 unspecified atom stereocenters. The molecule has 0 aliphatic carbocycles. The number of rotatable bonds is 4. The highest BCUT2D eigenvalue weighted by Gasteiger charge is 2.66. The van der Waals surface area contributed by atoms with Gasteiger partial charge in [-0.3, -0.25) is 14.4 Å². The molecular weight excluding hydrogens is 316 g/mol. The molecule has 126 valence electrons. The largest absolute Gasteiger partial charge is 0.458 e. The van der Waals surface area contributed by atoms with Crippen LogP contribution in [0.5, 0.6) is 0 Å². The Morgan fingerprint density at radius 3 is 2.78 bits per heavy atom. The molecule has 0 saturated carbocycles. The second kappa shape index (κ2) is 5.54. The van der Waals surface area contributed by atoms with E-state index < -0.39 is 11.9 Å². The Morgan fingerprint density at radius 2 is 2.17 bits per heavy atom. The molecule has 3 heterocycles. The van der Waals surface area contributed by atoms with Crippen molar-refractivity contribution in [2.24, 2.45) is 5.92 Å². The molecule has 0 aromatic heterocycles. The van der Waals surface area contributed by atoms with Crippen molar-refractivity contribution in [3.63, 3.8) is 0 Å². The van der Waals surface area contributed by atoms with Crippen LogP contribution in [0.1, 0.15) is 27.2 Å². The minimum Gasteiger partial charge on any atom is -0.458 e. The number of carbonyl (C=O) groups excluding carboxylic acids is 3. The van der Waals surface area contributed by atoms with Crippen LogP contribution in [-0.2, 0) is 19.1 Å². The van der Waals surface area contributed by atoms with Gasteiger partial charge in [0.1, 0.15) is 12.6 Å². The summed E-state index contributed by atoms with van der Waals surface area (Å²) in [5.41, 5.74) is -0.295. The first-order valence-electron chi connectivity index (χ1n) is 7.82. The molecule has 7 heteroatoms. The zero-order valence-corrected chi connectivity index (χ0v) is 14.4. The van der Waals surface area contributed by atoms with Crippen LogP contribution in [-0.4, -0.2) is 57.4 Å². The number of amides is 2. The van der Waals surface area contributed by atoms with E-state index in [0.717, 1.165) is 12.5 Å². The molecular formula is C16H22N2O4S. The molecule has 0 aromatic carbocycles. The highest BCUT2D eigenvalue weighted by molar-refractivity contribution is 8.01. The lowest BCUT2D eigenvalue weighted by molar-refractivity contribution is -0.154. The van der Waals surface area contributed by atoms with Crippen LogP contribution in [0.25, 0.3) is 0 Å². The Hall–Kier alpha value is -1.50. The molecule has 3 saturated heterocycles. The molecule has 3 fully saturated rings. The average Bonchev–Trinajstić information content (AvgIpc) is 3.07. The monoisotopic (exact) mass is 338 g/mol. The van der Waals surface area contributed by atoms with E-state index in [1.54, 1.807) is 11.8 Å². The Labute approximate surface area is 140 Å². The maximum Gasteiger partial charge on any atom is 0.325 e. The van der Waals surface area contributed by atoms with E-state index in [1.165, 1.54) is 0 Å². The first-order chi connectivity index (χ1) is 10.7. The van der Waals surface area contributed by atoms with Crippen molar-refractivity contribution < 1.29 is 19.1 Å². The summed E-state index contributed by atoms with van der Waals surface area (Å²) in [7, 11) is 0. The number of hydrogen-bond acceptors (Lipinski definition) is 5. The first-order valence-corrected chi connectivity index (χ1v) is 8.76. The van der Waals surface area contributed by atoms with Crippen molar-refractivity contribution in [1.82, 2.24) is 10.2 Å². The third-order valence-electron chi connectivity index (χ3n) is 4.69. The van der Waals surface area contributed by atoms with E-state index in [4.69, 9.17) is 4.74 Å². The van der Waals surface area contributed by atoms with E-state index in [0.29, 0.717) is 0 Å². The molecule has 3 aliphatic heterocycles. The fourth-order valence-corrected chi connectivity index (χ4v) is 5.83. The van der Waals surface area contributed by atoms with Gasteiger partial charge in [0, 0.05) is 16.0 Å². The van der Waals surface area contributed by atoms with Gasteiger partial charge in [-0.2, -0.15) is 0 Å². The van der Waals surface area contributed by atoms with Crippen LogP contribution in [0, 0.1) is 5.92 Å². The van der Waals surface area contributed by atoms with Crippen LogP contribution in [0.2, 0.25) is 0 Å². The topological polar surface area (TPSA) is 75.7 Å². The summed E-state index contributed by atoms with van der Waals surface area (Å²) in [6.07, 6.45) is 1.59. The van der Waals surface area contributed by atoms with E-state index in [2.05, 4.69) is 11.9 Å². The van der Waals surface area contributed by atoms with E-state index in [-0.39, 0.29) is 46.6 Å². The third kappa shape index (κ3) is 2.65. The predicted octanol–water partition coefficient (Wildman–Crippen LogP) is 0.714. The van der Waals surface area contributed by atoms with Crippen molar-refractivity contribution in [1.29, 1.82) is 0 Å². The summed E-state index contributed by atoms with van der Waals surface area (Å²) in [6, 6.07) is -0.0599. The van der Waals surface area contributed by atoms with Gasteiger partial charge in [-0.1, -0.05) is 6.58 Å². The molecule has 3 rings (SSSR count). The molecule has 1 N–H and O–H groups in total. The minimum absolute atomic E-state index is 0.0599. The van der Waals surface area contributed by atoms with E-state index in [9.17, 15) is 14.4 Å². The average molecular weight is 338 g/mol. The molecule has 5 atom stereocenters. The zero-order chi connectivity index (χ0) is 16.9. The summed E-state index contributed by atoms with van der Waals surface area (Å²) in [5.74, 6) is -0.634. The maximum atomic E-state index is 12.7.